The molecule has 0 aromatic rings. The first-order valence-electron chi connectivity index (χ1n) is 6.38. The lowest BCUT2D eigenvalue weighted by molar-refractivity contribution is -0.126. The van der Waals surface area contributed by atoms with E-state index >= 15 is 0 Å². The van der Waals surface area contributed by atoms with Crippen LogP contribution in [0.5, 0.6) is 0 Å². The number of rotatable bonds is 6. The van der Waals surface area contributed by atoms with E-state index < -0.39 is 5.54 Å². The second-order valence-corrected chi connectivity index (χ2v) is 6.59. The summed E-state index contributed by atoms with van der Waals surface area (Å²) in [5.41, 5.74) is 5.30. The highest BCUT2D eigenvalue weighted by Crippen LogP contribution is 2.40. The lowest BCUT2D eigenvalue weighted by atomic mass is 9.90. The van der Waals surface area contributed by atoms with E-state index in [0.29, 0.717) is 12.5 Å². The van der Waals surface area contributed by atoms with Crippen molar-refractivity contribution in [3.8, 4) is 0 Å². The first-order valence-corrected chi connectivity index (χ1v) is 6.38. The molecule has 1 fully saturated rings. The number of carbonyl (C=O) groups is 1. The van der Waals surface area contributed by atoms with Crippen LogP contribution < -0.4 is 11.1 Å². The Hall–Kier alpha value is -0.610. The van der Waals surface area contributed by atoms with Gasteiger partial charge in [-0.05, 0) is 38.3 Å². The first-order chi connectivity index (χ1) is 7.71. The van der Waals surface area contributed by atoms with E-state index in [1.54, 1.807) is 0 Å². The zero-order valence-corrected chi connectivity index (χ0v) is 11.8. The Kier molecular flexibility index (Phi) is 4.20. The zero-order valence-electron chi connectivity index (χ0n) is 11.8. The molecule has 0 saturated heterocycles. The summed E-state index contributed by atoms with van der Waals surface area (Å²) in [5.74, 6) is 0.190. The van der Waals surface area contributed by atoms with Crippen LogP contribution in [0.15, 0.2) is 0 Å². The van der Waals surface area contributed by atoms with Crippen LogP contribution in [0.1, 0.15) is 33.6 Å². The molecular formula is C13H27N3O. The van der Waals surface area contributed by atoms with Gasteiger partial charge in [0.1, 0.15) is 5.54 Å². The molecule has 1 amide bonds. The Morgan fingerprint density at radius 2 is 1.88 bits per heavy atom. The van der Waals surface area contributed by atoms with Crippen LogP contribution in [0.2, 0.25) is 0 Å². The van der Waals surface area contributed by atoms with Gasteiger partial charge in [0.05, 0.1) is 0 Å². The van der Waals surface area contributed by atoms with Crippen LogP contribution in [-0.4, -0.2) is 43.5 Å². The number of nitrogens with two attached hydrogens (primary N) is 1. The molecule has 1 aliphatic carbocycles. The summed E-state index contributed by atoms with van der Waals surface area (Å²) in [6.07, 6.45) is 2.21. The maximum Gasteiger partial charge on any atom is 0.239 e. The lowest BCUT2D eigenvalue weighted by Gasteiger charge is -2.36. The van der Waals surface area contributed by atoms with Gasteiger partial charge in [0.2, 0.25) is 5.91 Å². The number of carbonyl (C=O) groups excluding carboxylic acids is 1. The molecule has 1 unspecified atom stereocenters. The van der Waals surface area contributed by atoms with Gasteiger partial charge in [0.25, 0.3) is 0 Å². The van der Waals surface area contributed by atoms with E-state index in [-0.39, 0.29) is 11.3 Å². The molecule has 0 radical (unpaired) electrons. The van der Waals surface area contributed by atoms with Gasteiger partial charge in [-0.3, -0.25) is 4.79 Å². The molecule has 17 heavy (non-hydrogen) atoms. The number of nitrogens with zero attached hydrogens (tertiary/aromatic N) is 1. The fourth-order valence-corrected chi connectivity index (χ4v) is 2.68. The maximum atomic E-state index is 11.8. The molecule has 100 valence electrons. The highest BCUT2D eigenvalue weighted by molar-refractivity contribution is 5.85. The Morgan fingerprint density at radius 3 is 2.18 bits per heavy atom. The van der Waals surface area contributed by atoms with Crippen LogP contribution >= 0.6 is 0 Å². The molecule has 4 heteroatoms. The molecule has 1 saturated carbocycles. The summed E-state index contributed by atoms with van der Waals surface area (Å²) >= 11 is 0. The number of nitrogens with one attached hydrogen (secondary N) is 1. The minimum Gasteiger partial charge on any atom is -0.368 e. The standard InChI is InChI=1S/C13H27N3O/c1-12(2,3)8-16(5)9-13(15-4,11(14)17)10-6-7-10/h10,15H,6-9H2,1-5H3,(H2,14,17). The van der Waals surface area contributed by atoms with Crippen molar-refractivity contribution >= 4 is 5.91 Å². The summed E-state index contributed by atoms with van der Waals surface area (Å²) < 4.78 is 0. The predicted molar refractivity (Wildman–Crippen MR) is 70.7 cm³/mol. The molecular weight excluding hydrogens is 214 g/mol. The Labute approximate surface area is 105 Å². The average molecular weight is 241 g/mol. The van der Waals surface area contributed by atoms with Gasteiger partial charge in [0, 0.05) is 13.1 Å². The van der Waals surface area contributed by atoms with Crippen LogP contribution in [0.3, 0.4) is 0 Å². The number of primary amides is 1. The van der Waals surface area contributed by atoms with Gasteiger partial charge in [-0.2, -0.15) is 0 Å². The Bertz CT molecular complexity index is 281. The van der Waals surface area contributed by atoms with E-state index in [1.165, 1.54) is 0 Å². The van der Waals surface area contributed by atoms with Gasteiger partial charge < -0.3 is 16.0 Å². The van der Waals surface area contributed by atoms with Crippen molar-refractivity contribution < 1.29 is 4.79 Å². The van der Waals surface area contributed by atoms with Gasteiger partial charge in [-0.15, -0.1) is 0 Å². The number of likely N-dealkylation sites (N-methyl/N-ethyl adjacent to an activating group) is 2. The van der Waals surface area contributed by atoms with Crippen molar-refractivity contribution in [1.29, 1.82) is 0 Å². The van der Waals surface area contributed by atoms with E-state index in [4.69, 9.17) is 5.73 Å². The summed E-state index contributed by atoms with van der Waals surface area (Å²) in [7, 11) is 3.90. The second-order valence-electron chi connectivity index (χ2n) is 6.59. The summed E-state index contributed by atoms with van der Waals surface area (Å²) in [5, 5.41) is 3.18. The predicted octanol–water partition coefficient (Wildman–Crippen LogP) is 0.818. The Balaban J connectivity index is 2.69. The molecule has 3 N–H and O–H groups in total. The molecule has 1 aliphatic rings. The van der Waals surface area contributed by atoms with Gasteiger partial charge in [-0.1, -0.05) is 20.8 Å². The van der Waals surface area contributed by atoms with Crippen molar-refractivity contribution in [2.24, 2.45) is 17.1 Å². The van der Waals surface area contributed by atoms with E-state index in [9.17, 15) is 4.79 Å². The molecule has 0 spiro atoms. The van der Waals surface area contributed by atoms with Crippen molar-refractivity contribution in [3.05, 3.63) is 0 Å². The number of amides is 1. The quantitative estimate of drug-likeness (QED) is 0.724. The monoisotopic (exact) mass is 241 g/mol. The van der Waals surface area contributed by atoms with Crippen LogP contribution in [0.25, 0.3) is 0 Å². The highest BCUT2D eigenvalue weighted by Gasteiger charge is 2.49. The minimum atomic E-state index is -0.542. The fourth-order valence-electron chi connectivity index (χ4n) is 2.68. The van der Waals surface area contributed by atoms with E-state index in [0.717, 1.165) is 19.4 Å². The van der Waals surface area contributed by atoms with Crippen molar-refractivity contribution in [2.45, 2.75) is 39.2 Å². The highest BCUT2D eigenvalue weighted by atomic mass is 16.1. The molecule has 1 rings (SSSR count). The van der Waals surface area contributed by atoms with Gasteiger partial charge >= 0.3 is 0 Å². The first kappa shape index (κ1) is 14.5. The Morgan fingerprint density at radius 1 is 1.35 bits per heavy atom. The maximum absolute atomic E-state index is 11.8. The number of hydrogen-bond acceptors (Lipinski definition) is 3. The molecule has 4 nitrogen and oxygen atoms in total. The summed E-state index contributed by atoms with van der Waals surface area (Å²) in [6, 6.07) is 0. The fraction of sp³-hybridized carbons (Fsp3) is 0.923. The van der Waals surface area contributed by atoms with Crippen LogP contribution in [0.4, 0.5) is 0 Å². The third-order valence-corrected chi connectivity index (χ3v) is 3.42. The van der Waals surface area contributed by atoms with Gasteiger partial charge in [-0.25, -0.2) is 0 Å². The lowest BCUT2D eigenvalue weighted by Crippen LogP contribution is -2.62. The SMILES string of the molecule is CNC(CN(C)CC(C)(C)C)(C(N)=O)C1CC1. The smallest absolute Gasteiger partial charge is 0.239 e. The normalized spacial score (nSPS) is 20.4. The molecule has 0 heterocycles. The molecule has 0 bridgehead atoms. The molecule has 0 aromatic heterocycles. The topological polar surface area (TPSA) is 58.4 Å². The molecule has 0 aliphatic heterocycles. The molecule has 1 atom stereocenters. The third kappa shape index (κ3) is 3.68. The summed E-state index contributed by atoms with van der Waals surface area (Å²) in [4.78, 5) is 14.0. The zero-order chi connectivity index (χ0) is 13.3. The van der Waals surface area contributed by atoms with Crippen LogP contribution in [0, 0.1) is 11.3 Å². The molecule has 0 aromatic carbocycles. The number of hydrogen-bond donors (Lipinski definition) is 2. The van der Waals surface area contributed by atoms with Crippen molar-refractivity contribution in [2.75, 3.05) is 27.2 Å². The van der Waals surface area contributed by atoms with Crippen LogP contribution in [-0.2, 0) is 4.79 Å². The average Bonchev–Trinajstić information content (AvgIpc) is 2.93. The minimum absolute atomic E-state index is 0.219. The van der Waals surface area contributed by atoms with Crippen molar-refractivity contribution in [1.82, 2.24) is 10.2 Å². The van der Waals surface area contributed by atoms with E-state index in [1.807, 2.05) is 7.05 Å². The second kappa shape index (κ2) is 4.94. The largest absolute Gasteiger partial charge is 0.368 e. The van der Waals surface area contributed by atoms with Crippen molar-refractivity contribution in [3.63, 3.8) is 0 Å². The summed E-state index contributed by atoms with van der Waals surface area (Å²) in [6.45, 7) is 8.25. The third-order valence-electron chi connectivity index (χ3n) is 3.42. The van der Waals surface area contributed by atoms with Gasteiger partial charge in [0.15, 0.2) is 0 Å². The van der Waals surface area contributed by atoms with E-state index in [2.05, 4.69) is 38.0 Å².